The molecule has 2 N–H and O–H groups in total. The first-order valence-corrected chi connectivity index (χ1v) is 4.92. The molecule has 1 fully saturated rings. The Morgan fingerprint density at radius 2 is 2.31 bits per heavy atom. The van der Waals surface area contributed by atoms with Crippen molar-refractivity contribution in [1.29, 1.82) is 0 Å². The van der Waals surface area contributed by atoms with E-state index in [1.54, 1.807) is 0 Å². The first-order valence-electron chi connectivity index (χ1n) is 3.79. The Balaban J connectivity index is 2.62. The van der Waals surface area contributed by atoms with E-state index in [0.29, 0.717) is 0 Å². The van der Waals surface area contributed by atoms with Gasteiger partial charge in [0.15, 0.2) is 12.3 Å². The quantitative estimate of drug-likeness (QED) is 0.652. The Bertz CT molecular complexity index is 201. The Kier molecular flexibility index (Phi) is 3.70. The maximum Gasteiger partial charge on any atom is 0.695 e. The average Bonchev–Trinajstić information content (AvgIpc) is 2.31. The first kappa shape index (κ1) is 10.9. The molecule has 0 bridgehead atoms. The predicted octanol–water partition coefficient (Wildman–Crippen LogP) is 0.139. The highest BCUT2D eigenvalue weighted by molar-refractivity contribution is 7.32. The van der Waals surface area contributed by atoms with Gasteiger partial charge in [-0.15, -0.1) is 9.42 Å². The van der Waals surface area contributed by atoms with Crippen LogP contribution in [0, 0.1) is 0 Å². The Morgan fingerprint density at radius 3 is 2.77 bits per heavy atom. The minimum atomic E-state index is -2.87. The summed E-state index contributed by atoms with van der Waals surface area (Å²) < 4.78 is 32.8. The molecule has 0 spiro atoms. The second-order valence-electron chi connectivity index (χ2n) is 2.81. The van der Waals surface area contributed by atoms with Gasteiger partial charge in [-0.2, -0.15) is 0 Å². The monoisotopic (exact) mass is 213 g/mol. The number of aliphatic hydroxyl groups excluding tert-OH is 1. The van der Waals surface area contributed by atoms with Gasteiger partial charge in [0.1, 0.15) is 6.10 Å². The van der Waals surface area contributed by atoms with Gasteiger partial charge in [0, 0.05) is 4.57 Å². The van der Waals surface area contributed by atoms with Crippen molar-refractivity contribution in [2.45, 2.75) is 31.4 Å². The smallest absolute Gasteiger partial charge is 0.394 e. The molecule has 0 saturated carbocycles. The van der Waals surface area contributed by atoms with Crippen LogP contribution < -0.4 is 0 Å². The molecule has 0 aliphatic carbocycles. The lowest BCUT2D eigenvalue weighted by molar-refractivity contribution is -0.0113. The summed E-state index contributed by atoms with van der Waals surface area (Å²) in [6.45, 7) is 1.04. The van der Waals surface area contributed by atoms with Crippen molar-refractivity contribution in [1.82, 2.24) is 0 Å². The van der Waals surface area contributed by atoms with Crippen LogP contribution in [0.3, 0.4) is 0 Å². The van der Waals surface area contributed by atoms with Crippen LogP contribution in [0.1, 0.15) is 6.92 Å². The summed E-state index contributed by atoms with van der Waals surface area (Å²) in [7, 11) is -2.87. The Labute approximate surface area is 75.4 Å². The second kappa shape index (κ2) is 4.39. The van der Waals surface area contributed by atoms with Crippen molar-refractivity contribution in [3.63, 3.8) is 0 Å². The van der Waals surface area contributed by atoms with Gasteiger partial charge in [-0.1, -0.05) is 0 Å². The predicted molar refractivity (Wildman–Crippen MR) is 41.0 cm³/mol. The SMILES string of the molecule is C[C@@H]1O[C@H](CO)[C@@H](O[P+](=O)O)[C@H]1F. The Morgan fingerprint density at radius 1 is 1.69 bits per heavy atom. The summed E-state index contributed by atoms with van der Waals surface area (Å²) in [6, 6.07) is 0. The van der Waals surface area contributed by atoms with Crippen molar-refractivity contribution in [3.8, 4) is 0 Å². The molecule has 0 aromatic carbocycles. The zero-order valence-corrected chi connectivity index (χ0v) is 7.86. The highest BCUT2D eigenvalue weighted by Gasteiger charge is 2.48. The van der Waals surface area contributed by atoms with Crippen LogP contribution in [-0.2, 0) is 13.8 Å². The van der Waals surface area contributed by atoms with E-state index < -0.39 is 39.3 Å². The summed E-state index contributed by atoms with van der Waals surface area (Å²) in [4.78, 5) is 8.41. The molecular weight excluding hydrogens is 202 g/mol. The Hall–Kier alpha value is -0.130. The lowest BCUT2D eigenvalue weighted by Crippen LogP contribution is -2.32. The zero-order chi connectivity index (χ0) is 10.0. The molecule has 0 aromatic rings. The number of hydrogen-bond acceptors (Lipinski definition) is 4. The lowest BCUT2D eigenvalue weighted by atomic mass is 10.1. The normalized spacial score (nSPS) is 40.8. The molecule has 5 atom stereocenters. The molecule has 1 heterocycles. The fourth-order valence-electron chi connectivity index (χ4n) is 1.28. The van der Waals surface area contributed by atoms with Crippen molar-refractivity contribution >= 4 is 8.25 Å². The highest BCUT2D eigenvalue weighted by atomic mass is 31.1. The van der Waals surface area contributed by atoms with E-state index >= 15 is 0 Å². The van der Waals surface area contributed by atoms with Crippen molar-refractivity contribution in [3.05, 3.63) is 0 Å². The summed E-state index contributed by atoms with van der Waals surface area (Å²) in [5.74, 6) is 0. The third kappa shape index (κ3) is 2.42. The molecule has 5 nitrogen and oxygen atoms in total. The fourth-order valence-corrected chi connectivity index (χ4v) is 1.74. The van der Waals surface area contributed by atoms with E-state index in [-0.39, 0.29) is 0 Å². The number of ether oxygens (including phenoxy) is 1. The molecule has 1 unspecified atom stereocenters. The average molecular weight is 213 g/mol. The fraction of sp³-hybridized carbons (Fsp3) is 1.00. The van der Waals surface area contributed by atoms with Gasteiger partial charge in [-0.05, 0) is 6.92 Å². The maximum absolute atomic E-state index is 13.2. The van der Waals surface area contributed by atoms with Gasteiger partial charge in [0.25, 0.3) is 0 Å². The molecule has 1 rings (SSSR count). The van der Waals surface area contributed by atoms with E-state index in [0.717, 1.165) is 0 Å². The zero-order valence-electron chi connectivity index (χ0n) is 6.96. The number of aliphatic hydroxyl groups is 1. The molecule has 13 heavy (non-hydrogen) atoms. The third-order valence-electron chi connectivity index (χ3n) is 1.91. The van der Waals surface area contributed by atoms with Crippen LogP contribution in [0.2, 0.25) is 0 Å². The molecule has 7 heteroatoms. The summed E-state index contributed by atoms with van der Waals surface area (Å²) in [6.07, 6.45) is -4.23. The van der Waals surface area contributed by atoms with Crippen LogP contribution in [0.15, 0.2) is 0 Å². The topological polar surface area (TPSA) is 76.0 Å². The molecule has 76 valence electrons. The highest BCUT2D eigenvalue weighted by Crippen LogP contribution is 2.32. The van der Waals surface area contributed by atoms with Gasteiger partial charge < -0.3 is 9.84 Å². The van der Waals surface area contributed by atoms with Gasteiger partial charge in [-0.3, -0.25) is 0 Å². The lowest BCUT2D eigenvalue weighted by Gasteiger charge is -2.09. The van der Waals surface area contributed by atoms with Crippen LogP contribution in [-0.4, -0.2) is 41.1 Å². The van der Waals surface area contributed by atoms with Crippen LogP contribution in [0.5, 0.6) is 0 Å². The molecule has 0 radical (unpaired) electrons. The maximum atomic E-state index is 13.2. The number of alkyl halides is 1. The molecule has 0 amide bonds. The molecule has 1 saturated heterocycles. The molecular formula is C6H11FO5P+. The number of hydrogen-bond donors (Lipinski definition) is 2. The number of rotatable bonds is 3. The standard InChI is InChI=1S/C6H10FO5P/c1-3-5(7)6(12-13(9)10)4(2-8)11-3/h3-6,8H,2H2,1H3/p+1/t3-,4+,5-,6+/m0/s1. The van der Waals surface area contributed by atoms with E-state index in [2.05, 4.69) is 4.52 Å². The van der Waals surface area contributed by atoms with E-state index in [4.69, 9.17) is 14.7 Å². The second-order valence-corrected chi connectivity index (χ2v) is 3.50. The molecule has 0 aromatic heterocycles. The van der Waals surface area contributed by atoms with E-state index in [1.165, 1.54) is 6.92 Å². The van der Waals surface area contributed by atoms with Crippen molar-refractivity contribution in [2.24, 2.45) is 0 Å². The molecule has 1 aliphatic rings. The minimum absolute atomic E-state index is 0.432. The van der Waals surface area contributed by atoms with Crippen molar-refractivity contribution < 1.29 is 28.2 Å². The van der Waals surface area contributed by atoms with Crippen LogP contribution in [0.25, 0.3) is 0 Å². The van der Waals surface area contributed by atoms with Crippen LogP contribution >= 0.6 is 8.25 Å². The van der Waals surface area contributed by atoms with E-state index in [1.807, 2.05) is 0 Å². The van der Waals surface area contributed by atoms with E-state index in [9.17, 15) is 8.96 Å². The van der Waals surface area contributed by atoms with Gasteiger partial charge in [-0.25, -0.2) is 4.39 Å². The van der Waals surface area contributed by atoms with Gasteiger partial charge in [0.2, 0.25) is 0 Å². The third-order valence-corrected chi connectivity index (χ3v) is 2.33. The number of halogens is 1. The van der Waals surface area contributed by atoms with Gasteiger partial charge in [0.05, 0.1) is 12.7 Å². The first-order chi connectivity index (χ1) is 6.06. The summed E-state index contributed by atoms with van der Waals surface area (Å²) in [5.41, 5.74) is 0. The summed E-state index contributed by atoms with van der Waals surface area (Å²) in [5, 5.41) is 8.74. The van der Waals surface area contributed by atoms with Gasteiger partial charge >= 0.3 is 8.25 Å². The molecule has 1 aliphatic heterocycles. The largest absolute Gasteiger partial charge is 0.695 e. The summed E-state index contributed by atoms with van der Waals surface area (Å²) >= 11 is 0. The van der Waals surface area contributed by atoms with Crippen molar-refractivity contribution in [2.75, 3.05) is 6.61 Å². The minimum Gasteiger partial charge on any atom is -0.394 e. The van der Waals surface area contributed by atoms with Crippen LogP contribution in [0.4, 0.5) is 4.39 Å².